The van der Waals surface area contributed by atoms with Crippen molar-refractivity contribution < 1.29 is 0 Å². The molecule has 0 atom stereocenters. The van der Waals surface area contributed by atoms with Gasteiger partial charge in [-0.05, 0) is 35.2 Å². The van der Waals surface area contributed by atoms with E-state index in [1.807, 2.05) is 60.7 Å². The summed E-state index contributed by atoms with van der Waals surface area (Å²) in [5, 5.41) is 0.654. The van der Waals surface area contributed by atoms with Gasteiger partial charge in [0, 0.05) is 13.0 Å². The molecule has 0 spiro atoms. The second-order valence-corrected chi connectivity index (χ2v) is 6.95. The van der Waals surface area contributed by atoms with Crippen molar-refractivity contribution in [2.75, 3.05) is 0 Å². The number of hydrogen-bond acceptors (Lipinski definition) is 3. The molecule has 4 heteroatoms. The molecule has 0 saturated carbocycles. The van der Waals surface area contributed by atoms with Gasteiger partial charge in [0.1, 0.15) is 5.82 Å². The third-order valence-corrected chi connectivity index (χ3v) is 4.99. The molecule has 4 nitrogen and oxygen atoms in total. The van der Waals surface area contributed by atoms with Crippen LogP contribution in [0.1, 0.15) is 22.5 Å². The fourth-order valence-corrected chi connectivity index (χ4v) is 3.51. The molecule has 0 radical (unpaired) electrons. The molecule has 0 aliphatic heterocycles. The highest BCUT2D eigenvalue weighted by atomic mass is 16.1. The molecule has 0 aliphatic rings. The third kappa shape index (κ3) is 3.87. The largest absolute Gasteiger partial charge is 0.326 e. The van der Waals surface area contributed by atoms with E-state index in [2.05, 4.69) is 18.2 Å². The van der Waals surface area contributed by atoms with Gasteiger partial charge in [-0.1, -0.05) is 66.7 Å². The minimum atomic E-state index is 0.00631. The van der Waals surface area contributed by atoms with E-state index in [0.29, 0.717) is 24.9 Å². The molecule has 1 heterocycles. The Hall–Kier alpha value is -3.24. The standard InChI is InChI=1S/C24H23N3O/c25-16-19-9-6-10-20(15-19)17-27-23(14-13-18-7-2-1-3-8-18)26-22-12-5-4-11-21(22)24(27)28/h1-12,15H,13-14,16-17,25H2. The topological polar surface area (TPSA) is 60.9 Å². The number of nitrogens with two attached hydrogens (primary N) is 1. The second kappa shape index (κ2) is 8.19. The van der Waals surface area contributed by atoms with E-state index >= 15 is 0 Å². The molecule has 3 aromatic carbocycles. The van der Waals surface area contributed by atoms with Crippen LogP contribution in [0, 0.1) is 0 Å². The first kappa shape index (κ1) is 18.1. The highest BCUT2D eigenvalue weighted by Gasteiger charge is 2.12. The summed E-state index contributed by atoms with van der Waals surface area (Å²) in [4.78, 5) is 18.0. The summed E-state index contributed by atoms with van der Waals surface area (Å²) in [6.45, 7) is 0.980. The average molecular weight is 369 g/mol. The number of hydrogen-bond donors (Lipinski definition) is 1. The molecule has 28 heavy (non-hydrogen) atoms. The van der Waals surface area contributed by atoms with E-state index in [1.54, 1.807) is 4.57 Å². The maximum atomic E-state index is 13.2. The van der Waals surface area contributed by atoms with Crippen molar-refractivity contribution in [1.29, 1.82) is 0 Å². The fraction of sp³-hybridized carbons (Fsp3) is 0.167. The molecule has 1 aromatic heterocycles. The van der Waals surface area contributed by atoms with Crippen LogP contribution in [0.5, 0.6) is 0 Å². The number of para-hydroxylation sites is 1. The minimum Gasteiger partial charge on any atom is -0.326 e. The number of fused-ring (bicyclic) bond motifs is 1. The Morgan fingerprint density at radius 1 is 0.786 bits per heavy atom. The lowest BCUT2D eigenvalue weighted by Crippen LogP contribution is -2.26. The summed E-state index contributed by atoms with van der Waals surface area (Å²) < 4.78 is 1.81. The molecule has 0 amide bonds. The van der Waals surface area contributed by atoms with Gasteiger partial charge >= 0.3 is 0 Å². The molecular weight excluding hydrogens is 346 g/mol. The summed E-state index contributed by atoms with van der Waals surface area (Å²) in [5.41, 5.74) is 9.89. The van der Waals surface area contributed by atoms with Crippen molar-refractivity contribution in [3.05, 3.63) is 112 Å². The second-order valence-electron chi connectivity index (χ2n) is 6.95. The van der Waals surface area contributed by atoms with E-state index < -0.39 is 0 Å². The number of benzene rings is 3. The van der Waals surface area contributed by atoms with E-state index in [-0.39, 0.29) is 5.56 Å². The average Bonchev–Trinajstić information content (AvgIpc) is 2.75. The van der Waals surface area contributed by atoms with E-state index in [9.17, 15) is 4.79 Å². The lowest BCUT2D eigenvalue weighted by Gasteiger charge is -2.14. The lowest BCUT2D eigenvalue weighted by molar-refractivity contribution is 0.670. The summed E-state index contributed by atoms with van der Waals surface area (Å²) >= 11 is 0. The first-order valence-corrected chi connectivity index (χ1v) is 9.55. The fourth-order valence-electron chi connectivity index (χ4n) is 3.51. The van der Waals surface area contributed by atoms with Crippen molar-refractivity contribution in [2.45, 2.75) is 25.9 Å². The summed E-state index contributed by atoms with van der Waals surface area (Å²) in [6, 6.07) is 25.9. The van der Waals surface area contributed by atoms with Crippen LogP contribution in [0.25, 0.3) is 10.9 Å². The first-order valence-electron chi connectivity index (χ1n) is 9.55. The van der Waals surface area contributed by atoms with Gasteiger partial charge in [0.2, 0.25) is 0 Å². The van der Waals surface area contributed by atoms with Crippen molar-refractivity contribution in [3.63, 3.8) is 0 Å². The highest BCUT2D eigenvalue weighted by Crippen LogP contribution is 2.13. The van der Waals surface area contributed by atoms with Crippen LogP contribution >= 0.6 is 0 Å². The molecule has 0 bridgehead atoms. The van der Waals surface area contributed by atoms with Gasteiger partial charge in [-0.25, -0.2) is 4.98 Å². The predicted octanol–water partition coefficient (Wildman–Crippen LogP) is 3.69. The monoisotopic (exact) mass is 369 g/mol. The van der Waals surface area contributed by atoms with Gasteiger partial charge in [0.15, 0.2) is 0 Å². The van der Waals surface area contributed by atoms with Gasteiger partial charge in [-0.15, -0.1) is 0 Å². The number of aromatic nitrogens is 2. The van der Waals surface area contributed by atoms with E-state index in [0.717, 1.165) is 28.9 Å². The Kier molecular flexibility index (Phi) is 5.31. The Bertz CT molecular complexity index is 1150. The molecule has 0 saturated heterocycles. The quantitative estimate of drug-likeness (QED) is 0.564. The molecule has 2 N–H and O–H groups in total. The maximum Gasteiger partial charge on any atom is 0.261 e. The summed E-state index contributed by atoms with van der Waals surface area (Å²) in [7, 11) is 0. The van der Waals surface area contributed by atoms with Gasteiger partial charge in [-0.2, -0.15) is 0 Å². The summed E-state index contributed by atoms with van der Waals surface area (Å²) in [6.07, 6.45) is 1.55. The zero-order chi connectivity index (χ0) is 19.3. The predicted molar refractivity (Wildman–Crippen MR) is 113 cm³/mol. The van der Waals surface area contributed by atoms with Crippen LogP contribution in [-0.2, 0) is 25.9 Å². The zero-order valence-corrected chi connectivity index (χ0v) is 15.7. The maximum absolute atomic E-state index is 13.2. The van der Waals surface area contributed by atoms with Crippen LogP contribution in [-0.4, -0.2) is 9.55 Å². The van der Waals surface area contributed by atoms with Gasteiger partial charge in [-0.3, -0.25) is 9.36 Å². The number of rotatable bonds is 6. The molecule has 0 fully saturated rings. The summed E-state index contributed by atoms with van der Waals surface area (Å²) in [5.74, 6) is 0.811. The molecule has 0 unspecified atom stereocenters. The Labute approximate surface area is 164 Å². The smallest absolute Gasteiger partial charge is 0.261 e. The van der Waals surface area contributed by atoms with Gasteiger partial charge in [0.25, 0.3) is 5.56 Å². The van der Waals surface area contributed by atoms with E-state index in [1.165, 1.54) is 5.56 Å². The normalized spacial score (nSPS) is 11.0. The molecule has 0 aliphatic carbocycles. The van der Waals surface area contributed by atoms with Crippen LogP contribution in [0.3, 0.4) is 0 Å². The highest BCUT2D eigenvalue weighted by molar-refractivity contribution is 5.77. The number of aryl methyl sites for hydroxylation is 2. The lowest BCUT2D eigenvalue weighted by atomic mass is 10.1. The van der Waals surface area contributed by atoms with Crippen LogP contribution < -0.4 is 11.3 Å². The minimum absolute atomic E-state index is 0.00631. The Balaban J connectivity index is 1.75. The number of nitrogens with zero attached hydrogens (tertiary/aromatic N) is 2. The van der Waals surface area contributed by atoms with Crippen LogP contribution in [0.15, 0.2) is 83.7 Å². The van der Waals surface area contributed by atoms with Gasteiger partial charge in [0.05, 0.1) is 17.4 Å². The van der Waals surface area contributed by atoms with E-state index in [4.69, 9.17) is 10.7 Å². The van der Waals surface area contributed by atoms with Crippen molar-refractivity contribution in [2.24, 2.45) is 5.73 Å². The first-order chi connectivity index (χ1) is 13.7. The van der Waals surface area contributed by atoms with Gasteiger partial charge < -0.3 is 5.73 Å². The molecule has 4 aromatic rings. The molecule has 140 valence electrons. The van der Waals surface area contributed by atoms with Crippen molar-refractivity contribution in [3.8, 4) is 0 Å². The van der Waals surface area contributed by atoms with Crippen molar-refractivity contribution >= 4 is 10.9 Å². The van der Waals surface area contributed by atoms with Crippen LogP contribution in [0.2, 0.25) is 0 Å². The third-order valence-electron chi connectivity index (χ3n) is 4.99. The molecular formula is C24H23N3O. The Morgan fingerprint density at radius 2 is 1.50 bits per heavy atom. The van der Waals surface area contributed by atoms with Crippen molar-refractivity contribution in [1.82, 2.24) is 9.55 Å². The molecule has 4 rings (SSSR count). The Morgan fingerprint density at radius 3 is 2.32 bits per heavy atom. The zero-order valence-electron chi connectivity index (χ0n) is 15.7. The SMILES string of the molecule is NCc1cccc(Cn2c(CCc3ccccc3)nc3ccccc3c2=O)c1. The van der Waals surface area contributed by atoms with Crippen LogP contribution in [0.4, 0.5) is 0 Å².